The Morgan fingerprint density at radius 2 is 1.69 bits per heavy atom. The Morgan fingerprint density at radius 1 is 1.19 bits per heavy atom. The van der Waals surface area contributed by atoms with E-state index in [4.69, 9.17) is 0 Å². The van der Waals surface area contributed by atoms with Crippen molar-refractivity contribution >= 4 is 0 Å². The molecule has 0 aromatic rings. The molecule has 0 aromatic carbocycles. The van der Waals surface area contributed by atoms with Crippen LogP contribution in [0.1, 0.15) is 34.1 Å². The Balaban J connectivity index is -0.000000376. The topological polar surface area (TPSA) is 0 Å². The smallest absolute Gasteiger partial charge is 0.00149 e. The molecule has 92 valence electrons. The zero-order chi connectivity index (χ0) is 13.4. The normalized spacial score (nSPS) is 11.6. The zero-order valence-corrected chi connectivity index (χ0v) is 11.5. The molecule has 0 N–H and O–H groups in total. The summed E-state index contributed by atoms with van der Waals surface area (Å²) >= 11 is 0. The molecule has 0 aromatic heterocycles. The highest BCUT2D eigenvalue weighted by molar-refractivity contribution is 5.23. The van der Waals surface area contributed by atoms with Gasteiger partial charge in [-0.3, -0.25) is 0 Å². The minimum atomic E-state index is 0.491. The third-order valence-corrected chi connectivity index (χ3v) is 1.92. The van der Waals surface area contributed by atoms with Gasteiger partial charge in [0.25, 0.3) is 0 Å². The van der Waals surface area contributed by atoms with Crippen molar-refractivity contribution < 1.29 is 0 Å². The molecule has 0 radical (unpaired) electrons. The van der Waals surface area contributed by atoms with Crippen molar-refractivity contribution in [2.75, 3.05) is 0 Å². The third kappa shape index (κ3) is 10.8. The molecule has 0 nitrogen and oxygen atoms in total. The van der Waals surface area contributed by atoms with E-state index in [1.807, 2.05) is 32.9 Å². The second kappa shape index (κ2) is 19.3. The van der Waals surface area contributed by atoms with Crippen LogP contribution in [0.25, 0.3) is 0 Å². The molecule has 0 fully saturated rings. The third-order valence-electron chi connectivity index (χ3n) is 1.92. The van der Waals surface area contributed by atoms with Crippen molar-refractivity contribution in [3.05, 3.63) is 62.3 Å². The SMILES string of the molecule is C=C.C=C/C=C\C(CC)/C(C=C)=C/C.CC. The van der Waals surface area contributed by atoms with E-state index in [0.29, 0.717) is 5.92 Å². The lowest BCUT2D eigenvalue weighted by molar-refractivity contribution is 0.743. The molecule has 0 rings (SSSR count). The van der Waals surface area contributed by atoms with Gasteiger partial charge in [-0.2, -0.15) is 0 Å². The van der Waals surface area contributed by atoms with E-state index in [2.05, 4.69) is 45.4 Å². The van der Waals surface area contributed by atoms with Crippen molar-refractivity contribution in [1.29, 1.82) is 0 Å². The van der Waals surface area contributed by atoms with Gasteiger partial charge in [0.1, 0.15) is 0 Å². The molecule has 1 atom stereocenters. The van der Waals surface area contributed by atoms with E-state index in [1.54, 1.807) is 6.08 Å². The fourth-order valence-corrected chi connectivity index (χ4v) is 1.18. The second-order valence-corrected chi connectivity index (χ2v) is 2.63. The van der Waals surface area contributed by atoms with Crippen molar-refractivity contribution in [3.8, 4) is 0 Å². The Morgan fingerprint density at radius 3 is 1.94 bits per heavy atom. The van der Waals surface area contributed by atoms with Crippen LogP contribution < -0.4 is 0 Å². The first-order valence-electron chi connectivity index (χ1n) is 5.88. The summed E-state index contributed by atoms with van der Waals surface area (Å²) in [6, 6.07) is 0. The Bertz CT molecular complexity index is 206. The van der Waals surface area contributed by atoms with Crippen LogP contribution in [0.15, 0.2) is 62.3 Å². The van der Waals surface area contributed by atoms with E-state index in [-0.39, 0.29) is 0 Å². The predicted molar refractivity (Wildman–Crippen MR) is 79.7 cm³/mol. The molecule has 0 aliphatic carbocycles. The number of hydrogen-bond donors (Lipinski definition) is 0. The average molecular weight is 220 g/mol. The second-order valence-electron chi connectivity index (χ2n) is 2.63. The maximum atomic E-state index is 3.78. The maximum Gasteiger partial charge on any atom is 0.00149 e. The molecule has 0 saturated carbocycles. The summed E-state index contributed by atoms with van der Waals surface area (Å²) in [6.07, 6.45) is 11.1. The minimum Gasteiger partial charge on any atom is -0.106 e. The molecule has 0 aliphatic rings. The fraction of sp³-hybridized carbons (Fsp3) is 0.375. The van der Waals surface area contributed by atoms with Crippen LogP contribution in [0.5, 0.6) is 0 Å². The lowest BCUT2D eigenvalue weighted by atomic mass is 9.95. The first-order chi connectivity index (χ1) is 7.79. The Hall–Kier alpha value is -1.30. The van der Waals surface area contributed by atoms with E-state index < -0.39 is 0 Å². The highest BCUT2D eigenvalue weighted by atomic mass is 14.1. The standard InChI is InChI=1S/C12H18.C2H6.C2H4/c1-5-9-10-12(8-4)11(6-2)7-3;2*1-2/h5-7,9-10,12H,1-2,8H2,3-4H3;1-2H3;1-2H2/b10-9-,11-7+;;. The summed E-state index contributed by atoms with van der Waals surface area (Å²) in [5.41, 5.74) is 1.29. The summed E-state index contributed by atoms with van der Waals surface area (Å²) in [7, 11) is 0. The van der Waals surface area contributed by atoms with Gasteiger partial charge in [0.2, 0.25) is 0 Å². The number of allylic oxidation sites excluding steroid dienone is 6. The number of hydrogen-bond acceptors (Lipinski definition) is 0. The molecule has 0 spiro atoms. The monoisotopic (exact) mass is 220 g/mol. The van der Waals surface area contributed by atoms with Crippen LogP contribution in [0.4, 0.5) is 0 Å². The van der Waals surface area contributed by atoms with Crippen molar-refractivity contribution in [2.45, 2.75) is 34.1 Å². The van der Waals surface area contributed by atoms with Crippen LogP contribution in [-0.2, 0) is 0 Å². The maximum absolute atomic E-state index is 3.78. The van der Waals surface area contributed by atoms with E-state index in [9.17, 15) is 0 Å². The van der Waals surface area contributed by atoms with E-state index >= 15 is 0 Å². The van der Waals surface area contributed by atoms with Gasteiger partial charge >= 0.3 is 0 Å². The molecule has 16 heavy (non-hydrogen) atoms. The summed E-state index contributed by atoms with van der Waals surface area (Å²) in [4.78, 5) is 0. The summed E-state index contributed by atoms with van der Waals surface area (Å²) in [5.74, 6) is 0.491. The molecule has 0 amide bonds. The van der Waals surface area contributed by atoms with Gasteiger partial charge in [0.15, 0.2) is 0 Å². The van der Waals surface area contributed by atoms with Gasteiger partial charge in [-0.1, -0.05) is 64.3 Å². The van der Waals surface area contributed by atoms with Gasteiger partial charge in [0, 0.05) is 5.92 Å². The predicted octanol–water partition coefficient (Wildman–Crippen LogP) is 5.72. The van der Waals surface area contributed by atoms with Crippen LogP contribution in [0.2, 0.25) is 0 Å². The summed E-state index contributed by atoms with van der Waals surface area (Å²) in [6.45, 7) is 21.6. The van der Waals surface area contributed by atoms with E-state index in [1.165, 1.54) is 5.57 Å². The first-order valence-corrected chi connectivity index (χ1v) is 5.88. The molecule has 0 heteroatoms. The van der Waals surface area contributed by atoms with Crippen LogP contribution in [0, 0.1) is 5.92 Å². The van der Waals surface area contributed by atoms with Crippen LogP contribution in [0.3, 0.4) is 0 Å². The molecular formula is C16H28. The van der Waals surface area contributed by atoms with Gasteiger partial charge in [-0.25, -0.2) is 0 Å². The lowest BCUT2D eigenvalue weighted by Gasteiger charge is -2.10. The van der Waals surface area contributed by atoms with Crippen molar-refractivity contribution in [3.63, 3.8) is 0 Å². The fourth-order valence-electron chi connectivity index (χ4n) is 1.18. The molecule has 0 saturated heterocycles. The summed E-state index contributed by atoms with van der Waals surface area (Å²) < 4.78 is 0. The minimum absolute atomic E-state index is 0.491. The largest absolute Gasteiger partial charge is 0.106 e. The van der Waals surface area contributed by atoms with Crippen LogP contribution in [-0.4, -0.2) is 0 Å². The van der Waals surface area contributed by atoms with Gasteiger partial charge < -0.3 is 0 Å². The number of rotatable bonds is 5. The van der Waals surface area contributed by atoms with Crippen molar-refractivity contribution in [2.24, 2.45) is 5.92 Å². The average Bonchev–Trinajstić information content (AvgIpc) is 2.39. The molecule has 0 heterocycles. The Labute approximate surface area is 103 Å². The van der Waals surface area contributed by atoms with Gasteiger partial charge in [0.05, 0.1) is 0 Å². The Kier molecular flexibility index (Phi) is 24.3. The molecular weight excluding hydrogens is 192 g/mol. The molecule has 0 aliphatic heterocycles. The summed E-state index contributed by atoms with van der Waals surface area (Å²) in [5, 5.41) is 0. The quantitative estimate of drug-likeness (QED) is 0.411. The molecule has 0 bridgehead atoms. The van der Waals surface area contributed by atoms with E-state index in [0.717, 1.165) is 6.42 Å². The molecule has 1 unspecified atom stereocenters. The van der Waals surface area contributed by atoms with Gasteiger partial charge in [-0.15, -0.1) is 13.2 Å². The van der Waals surface area contributed by atoms with Gasteiger partial charge in [-0.05, 0) is 18.9 Å². The highest BCUT2D eigenvalue weighted by Gasteiger charge is 2.02. The highest BCUT2D eigenvalue weighted by Crippen LogP contribution is 2.17. The lowest BCUT2D eigenvalue weighted by Crippen LogP contribution is -1.96. The van der Waals surface area contributed by atoms with Crippen molar-refractivity contribution in [1.82, 2.24) is 0 Å². The zero-order valence-electron chi connectivity index (χ0n) is 11.5. The first kappa shape index (κ1) is 20.2. The van der Waals surface area contributed by atoms with Crippen LogP contribution >= 0.6 is 0 Å².